The molecule has 3 nitrogen and oxygen atoms in total. The second kappa shape index (κ2) is 7.41. The highest BCUT2D eigenvalue weighted by molar-refractivity contribution is 7.12. The molecule has 0 amide bonds. The molecule has 5 rings (SSSR count). The van der Waals surface area contributed by atoms with Crippen LogP contribution in [0, 0.1) is 0 Å². The summed E-state index contributed by atoms with van der Waals surface area (Å²) in [6.45, 7) is 0. The smallest absolute Gasteiger partial charge is 0.203 e. The van der Waals surface area contributed by atoms with Crippen molar-refractivity contribution in [1.29, 1.82) is 0 Å². The molecular formula is C25H16N2OS. The lowest BCUT2D eigenvalue weighted by Gasteiger charge is -2.13. The van der Waals surface area contributed by atoms with Gasteiger partial charge in [0.15, 0.2) is 0 Å². The van der Waals surface area contributed by atoms with Crippen LogP contribution >= 0.6 is 11.3 Å². The number of carbonyl (C=O) groups is 1. The normalized spacial score (nSPS) is 10.9. The third-order valence-electron chi connectivity index (χ3n) is 4.79. The molecule has 0 fully saturated rings. The average molecular weight is 392 g/mol. The molecule has 138 valence electrons. The van der Waals surface area contributed by atoms with Crippen molar-refractivity contribution >= 4 is 28.2 Å². The van der Waals surface area contributed by atoms with Crippen molar-refractivity contribution in [3.05, 3.63) is 107 Å². The number of thiophene rings is 1. The van der Waals surface area contributed by atoms with Crippen LogP contribution in [0.5, 0.6) is 0 Å². The Bertz CT molecular complexity index is 1310. The third-order valence-corrected chi connectivity index (χ3v) is 5.66. The van der Waals surface area contributed by atoms with E-state index in [9.17, 15) is 4.79 Å². The molecule has 0 radical (unpaired) electrons. The molecule has 0 atom stereocenters. The molecule has 0 N–H and O–H groups in total. The number of nitrogens with zero attached hydrogens (tertiary/aromatic N) is 2. The van der Waals surface area contributed by atoms with Crippen LogP contribution in [0.1, 0.15) is 15.2 Å². The summed E-state index contributed by atoms with van der Waals surface area (Å²) in [5.74, 6) is 0.00423. The van der Waals surface area contributed by atoms with E-state index in [1.807, 2.05) is 96.4 Å². The number of aromatic nitrogens is 2. The molecule has 0 aliphatic rings. The number of para-hydroxylation sites is 2. The molecule has 0 unspecified atom stereocenters. The summed E-state index contributed by atoms with van der Waals surface area (Å²) in [5, 5.41) is 1.92. The maximum Gasteiger partial charge on any atom is 0.203 e. The van der Waals surface area contributed by atoms with Gasteiger partial charge in [-0.3, -0.25) is 4.79 Å². The third kappa shape index (κ3) is 3.24. The van der Waals surface area contributed by atoms with Gasteiger partial charge in [-0.05, 0) is 23.6 Å². The summed E-state index contributed by atoms with van der Waals surface area (Å²) in [7, 11) is 0. The average Bonchev–Trinajstić information content (AvgIpc) is 3.33. The van der Waals surface area contributed by atoms with Crippen LogP contribution in [-0.2, 0) is 0 Å². The number of benzene rings is 3. The predicted octanol–water partition coefficient (Wildman–Crippen LogP) is 6.26. The van der Waals surface area contributed by atoms with Crippen molar-refractivity contribution in [3.63, 3.8) is 0 Å². The summed E-state index contributed by atoms with van der Waals surface area (Å²) in [6, 6.07) is 29.2. The molecule has 2 aromatic heterocycles. The van der Waals surface area contributed by atoms with Crippen molar-refractivity contribution in [2.24, 2.45) is 0 Å². The molecule has 0 spiro atoms. The molecule has 0 aliphatic heterocycles. The van der Waals surface area contributed by atoms with Crippen LogP contribution in [0.2, 0.25) is 0 Å². The molecule has 2 heterocycles. The number of rotatable bonds is 4. The van der Waals surface area contributed by atoms with Gasteiger partial charge in [0.2, 0.25) is 5.78 Å². The highest BCUT2D eigenvalue weighted by Gasteiger charge is 2.20. The number of ketones is 1. The van der Waals surface area contributed by atoms with E-state index in [1.165, 1.54) is 11.3 Å². The van der Waals surface area contributed by atoms with Crippen LogP contribution in [-0.4, -0.2) is 15.8 Å². The molecular weight excluding hydrogens is 376 g/mol. The van der Waals surface area contributed by atoms with E-state index in [0.29, 0.717) is 10.4 Å². The monoisotopic (exact) mass is 392 g/mol. The van der Waals surface area contributed by atoms with Gasteiger partial charge in [-0.15, -0.1) is 11.3 Å². The fourth-order valence-electron chi connectivity index (χ4n) is 3.41. The molecule has 29 heavy (non-hydrogen) atoms. The first-order valence-electron chi connectivity index (χ1n) is 9.31. The van der Waals surface area contributed by atoms with Gasteiger partial charge in [0.1, 0.15) is 0 Å². The first-order valence-corrected chi connectivity index (χ1v) is 10.2. The lowest BCUT2D eigenvalue weighted by molar-refractivity contribution is 0.104. The Morgan fingerprint density at radius 2 is 1.31 bits per heavy atom. The first-order chi connectivity index (χ1) is 14.3. The van der Waals surface area contributed by atoms with Crippen molar-refractivity contribution in [1.82, 2.24) is 9.97 Å². The predicted molar refractivity (Wildman–Crippen MR) is 118 cm³/mol. The Balaban J connectivity index is 1.79. The lowest BCUT2D eigenvalue weighted by Crippen LogP contribution is -2.04. The van der Waals surface area contributed by atoms with E-state index in [2.05, 4.69) is 0 Å². The van der Waals surface area contributed by atoms with Crippen LogP contribution < -0.4 is 0 Å². The first kappa shape index (κ1) is 17.5. The van der Waals surface area contributed by atoms with Gasteiger partial charge in [0.25, 0.3) is 0 Å². The molecule has 0 saturated heterocycles. The van der Waals surface area contributed by atoms with E-state index in [4.69, 9.17) is 9.97 Å². The Hall–Kier alpha value is -3.63. The topological polar surface area (TPSA) is 42.9 Å². The van der Waals surface area contributed by atoms with Gasteiger partial charge in [-0.25, -0.2) is 9.97 Å². The van der Waals surface area contributed by atoms with Gasteiger partial charge >= 0.3 is 0 Å². The van der Waals surface area contributed by atoms with Crippen LogP contribution in [0.3, 0.4) is 0 Å². The Kier molecular flexibility index (Phi) is 4.47. The molecule has 0 saturated carbocycles. The van der Waals surface area contributed by atoms with E-state index < -0.39 is 0 Å². The van der Waals surface area contributed by atoms with Gasteiger partial charge < -0.3 is 0 Å². The van der Waals surface area contributed by atoms with Gasteiger partial charge in [0.05, 0.1) is 27.3 Å². The summed E-state index contributed by atoms with van der Waals surface area (Å²) >= 11 is 1.45. The zero-order chi connectivity index (χ0) is 19.6. The molecule has 0 bridgehead atoms. The minimum atomic E-state index is 0.00423. The minimum Gasteiger partial charge on any atom is -0.288 e. The van der Waals surface area contributed by atoms with Gasteiger partial charge in [-0.2, -0.15) is 0 Å². The Labute approximate surface area is 172 Å². The van der Waals surface area contributed by atoms with Crippen molar-refractivity contribution in [3.8, 4) is 22.5 Å². The Morgan fingerprint density at radius 1 is 0.655 bits per heavy atom. The number of hydrogen-bond donors (Lipinski definition) is 0. The quantitative estimate of drug-likeness (QED) is 0.339. The van der Waals surface area contributed by atoms with E-state index in [-0.39, 0.29) is 5.78 Å². The van der Waals surface area contributed by atoms with E-state index in [0.717, 1.165) is 33.5 Å². The van der Waals surface area contributed by atoms with Crippen LogP contribution in [0.25, 0.3) is 33.5 Å². The summed E-state index contributed by atoms with van der Waals surface area (Å²) in [5.41, 5.74) is 5.53. The highest BCUT2D eigenvalue weighted by Crippen LogP contribution is 2.34. The zero-order valence-electron chi connectivity index (χ0n) is 15.4. The van der Waals surface area contributed by atoms with E-state index in [1.54, 1.807) is 0 Å². The second-order valence-electron chi connectivity index (χ2n) is 6.63. The Morgan fingerprint density at radius 3 is 2.03 bits per heavy atom. The summed E-state index contributed by atoms with van der Waals surface area (Å²) in [6.07, 6.45) is 0. The van der Waals surface area contributed by atoms with Crippen molar-refractivity contribution in [2.45, 2.75) is 0 Å². The van der Waals surface area contributed by atoms with E-state index >= 15 is 0 Å². The van der Waals surface area contributed by atoms with Crippen LogP contribution in [0.4, 0.5) is 0 Å². The standard InChI is InChI=1S/C25H16N2OS/c28-25(22-15-8-16-29-22)19-12-5-4-11-18(19)24-23(17-9-2-1-3-10-17)26-20-13-6-7-14-21(20)27-24/h1-16H. The number of hydrogen-bond acceptors (Lipinski definition) is 4. The second-order valence-corrected chi connectivity index (χ2v) is 7.58. The van der Waals surface area contributed by atoms with Crippen molar-refractivity contribution < 1.29 is 4.79 Å². The highest BCUT2D eigenvalue weighted by atomic mass is 32.1. The number of fused-ring (bicyclic) bond motifs is 1. The molecule has 3 aromatic carbocycles. The molecule has 5 aromatic rings. The zero-order valence-corrected chi connectivity index (χ0v) is 16.3. The van der Waals surface area contributed by atoms with Crippen molar-refractivity contribution in [2.75, 3.05) is 0 Å². The molecule has 4 heteroatoms. The maximum absolute atomic E-state index is 13.2. The summed E-state index contributed by atoms with van der Waals surface area (Å²) < 4.78 is 0. The van der Waals surface area contributed by atoms with Gasteiger partial charge in [-0.1, -0.05) is 72.8 Å². The minimum absolute atomic E-state index is 0.00423. The number of carbonyl (C=O) groups excluding carboxylic acids is 1. The molecule has 0 aliphatic carbocycles. The largest absolute Gasteiger partial charge is 0.288 e. The summed E-state index contributed by atoms with van der Waals surface area (Å²) in [4.78, 5) is 23.7. The lowest BCUT2D eigenvalue weighted by atomic mass is 9.96. The van der Waals surface area contributed by atoms with Crippen LogP contribution in [0.15, 0.2) is 96.4 Å². The van der Waals surface area contributed by atoms with Gasteiger partial charge in [0, 0.05) is 16.7 Å². The maximum atomic E-state index is 13.2. The fourth-order valence-corrected chi connectivity index (χ4v) is 4.09. The SMILES string of the molecule is O=C(c1cccs1)c1ccccc1-c1nc2ccccc2nc1-c1ccccc1. The fraction of sp³-hybridized carbons (Fsp3) is 0.